The summed E-state index contributed by atoms with van der Waals surface area (Å²) in [5.74, 6) is -0.483. The zero-order valence-electron chi connectivity index (χ0n) is 13.1. The molecule has 0 aromatic carbocycles. The average Bonchev–Trinajstić information content (AvgIpc) is 3.06. The molecular weight excluding hydrogens is 368 g/mol. The van der Waals surface area contributed by atoms with Gasteiger partial charge in [-0.1, -0.05) is 0 Å². The van der Waals surface area contributed by atoms with Crippen LogP contribution in [0, 0.1) is 17.0 Å². The minimum Gasteiger partial charge on any atom is -0.358 e. The molecule has 0 N–H and O–H groups in total. The number of hydrogen-bond acceptors (Lipinski definition) is 5. The van der Waals surface area contributed by atoms with Crippen molar-refractivity contribution in [3.05, 3.63) is 38.2 Å². The molecule has 0 bridgehead atoms. The number of amides is 1. The second-order valence-electron chi connectivity index (χ2n) is 5.03. The first-order valence-corrected chi connectivity index (χ1v) is 7.76. The van der Waals surface area contributed by atoms with Crippen molar-refractivity contribution in [3.8, 4) is 0 Å². The molecule has 2 aromatic rings. The molecule has 0 atom stereocenters. The van der Waals surface area contributed by atoms with Crippen LogP contribution < -0.4 is 0 Å². The average molecular weight is 385 g/mol. The van der Waals surface area contributed by atoms with Crippen molar-refractivity contribution in [3.63, 3.8) is 0 Å². The van der Waals surface area contributed by atoms with E-state index in [9.17, 15) is 14.9 Å². The molecule has 0 unspecified atom stereocenters. The molecule has 0 aliphatic heterocycles. The van der Waals surface area contributed by atoms with Crippen molar-refractivity contribution in [2.75, 3.05) is 7.05 Å². The fourth-order valence-electron chi connectivity index (χ4n) is 2.14. The van der Waals surface area contributed by atoms with Crippen molar-refractivity contribution in [1.29, 1.82) is 0 Å². The van der Waals surface area contributed by atoms with Crippen LogP contribution in [0.3, 0.4) is 0 Å². The summed E-state index contributed by atoms with van der Waals surface area (Å²) in [6, 6.07) is 1.86. The maximum atomic E-state index is 12.3. The van der Waals surface area contributed by atoms with E-state index in [1.165, 1.54) is 4.68 Å². The van der Waals surface area contributed by atoms with E-state index in [1.807, 2.05) is 17.7 Å². The first kappa shape index (κ1) is 17.1. The van der Waals surface area contributed by atoms with Crippen LogP contribution in [0.4, 0.5) is 5.82 Å². The Kier molecular flexibility index (Phi) is 5.14. The van der Waals surface area contributed by atoms with Gasteiger partial charge < -0.3 is 15.0 Å². The maximum absolute atomic E-state index is 12.3. The lowest BCUT2D eigenvalue weighted by Crippen LogP contribution is -2.31. The number of hydrogen-bond donors (Lipinski definition) is 0. The van der Waals surface area contributed by atoms with Gasteiger partial charge in [0.1, 0.15) is 11.0 Å². The van der Waals surface area contributed by atoms with E-state index < -0.39 is 4.92 Å². The van der Waals surface area contributed by atoms with Gasteiger partial charge in [-0.05, 0) is 40.8 Å². The number of nitro groups is 1. The van der Waals surface area contributed by atoms with E-state index in [0.29, 0.717) is 16.7 Å². The lowest BCUT2D eigenvalue weighted by atomic mass is 10.3. The summed E-state index contributed by atoms with van der Waals surface area (Å²) in [6.07, 6.45) is 1.69. The van der Waals surface area contributed by atoms with Gasteiger partial charge in [0.05, 0.1) is 23.0 Å². The molecular formula is C13H17BrN6O3. The van der Waals surface area contributed by atoms with Gasteiger partial charge in [-0.15, -0.1) is 0 Å². The SMILES string of the molecule is CCn1nccc1CN(C)C(=O)Cn1nc([N+](=O)[O-])c(Br)c1C. The summed E-state index contributed by atoms with van der Waals surface area (Å²) in [4.78, 5) is 24.2. The number of rotatable bonds is 6. The Morgan fingerprint density at radius 2 is 2.17 bits per heavy atom. The smallest absolute Gasteiger partial charge is 0.358 e. The fraction of sp³-hybridized carbons (Fsp3) is 0.462. The number of halogens is 1. The van der Waals surface area contributed by atoms with E-state index in [0.717, 1.165) is 12.2 Å². The number of nitrogens with zero attached hydrogens (tertiary/aromatic N) is 6. The molecule has 0 spiro atoms. The molecule has 0 radical (unpaired) electrons. The van der Waals surface area contributed by atoms with Crippen LogP contribution in [0.1, 0.15) is 18.3 Å². The van der Waals surface area contributed by atoms with E-state index in [2.05, 4.69) is 26.1 Å². The highest BCUT2D eigenvalue weighted by atomic mass is 79.9. The van der Waals surface area contributed by atoms with E-state index >= 15 is 0 Å². The summed E-state index contributed by atoms with van der Waals surface area (Å²) < 4.78 is 3.43. The van der Waals surface area contributed by atoms with Gasteiger partial charge in [-0.2, -0.15) is 9.78 Å². The van der Waals surface area contributed by atoms with Gasteiger partial charge in [0.25, 0.3) is 0 Å². The second kappa shape index (κ2) is 6.90. The summed E-state index contributed by atoms with van der Waals surface area (Å²) in [5, 5.41) is 18.9. The third-order valence-electron chi connectivity index (χ3n) is 3.50. The standard InChI is InChI=1S/C13H17BrN6O3/c1-4-18-10(5-6-15-18)7-17(3)11(21)8-19-9(2)12(14)13(16-19)20(22)23/h5-6H,4,7-8H2,1-3H3. The number of aryl methyl sites for hydroxylation is 1. The molecule has 2 rings (SSSR count). The van der Waals surface area contributed by atoms with E-state index in [-0.39, 0.29) is 18.3 Å². The summed E-state index contributed by atoms with van der Waals surface area (Å²) in [5.41, 5.74) is 1.46. The monoisotopic (exact) mass is 384 g/mol. The quantitative estimate of drug-likeness (QED) is 0.557. The largest absolute Gasteiger partial charge is 0.404 e. The van der Waals surface area contributed by atoms with Gasteiger partial charge in [0.2, 0.25) is 5.91 Å². The van der Waals surface area contributed by atoms with Crippen molar-refractivity contribution in [2.24, 2.45) is 0 Å². The number of likely N-dealkylation sites (N-methyl/N-ethyl adjacent to an activating group) is 1. The third-order valence-corrected chi connectivity index (χ3v) is 4.43. The fourth-order valence-corrected chi connectivity index (χ4v) is 2.57. The highest BCUT2D eigenvalue weighted by molar-refractivity contribution is 9.10. The van der Waals surface area contributed by atoms with Crippen LogP contribution in [0.25, 0.3) is 0 Å². The Balaban J connectivity index is 2.10. The van der Waals surface area contributed by atoms with Crippen molar-refractivity contribution >= 4 is 27.7 Å². The predicted octanol–water partition coefficient (Wildman–Crippen LogP) is 1.74. The molecule has 23 heavy (non-hydrogen) atoms. The molecule has 2 heterocycles. The van der Waals surface area contributed by atoms with Crippen LogP contribution >= 0.6 is 15.9 Å². The van der Waals surface area contributed by atoms with Gasteiger partial charge >= 0.3 is 5.82 Å². The Bertz CT molecular complexity index is 738. The molecule has 10 heteroatoms. The maximum Gasteiger partial charge on any atom is 0.404 e. The molecule has 0 fully saturated rings. The molecule has 2 aromatic heterocycles. The molecule has 1 amide bonds. The van der Waals surface area contributed by atoms with Gasteiger partial charge in [-0.3, -0.25) is 9.48 Å². The Hall–Kier alpha value is -2.23. The normalized spacial score (nSPS) is 10.8. The first-order valence-electron chi connectivity index (χ1n) is 6.97. The van der Waals surface area contributed by atoms with Crippen molar-refractivity contribution in [1.82, 2.24) is 24.5 Å². The summed E-state index contributed by atoms with van der Waals surface area (Å²) in [7, 11) is 1.68. The van der Waals surface area contributed by atoms with Gasteiger partial charge in [0.15, 0.2) is 0 Å². The Morgan fingerprint density at radius 3 is 2.74 bits per heavy atom. The second-order valence-corrected chi connectivity index (χ2v) is 5.82. The highest BCUT2D eigenvalue weighted by Gasteiger charge is 2.25. The molecule has 0 saturated carbocycles. The first-order chi connectivity index (χ1) is 10.8. The summed E-state index contributed by atoms with van der Waals surface area (Å²) in [6.45, 7) is 4.72. The zero-order valence-corrected chi connectivity index (χ0v) is 14.6. The lowest BCUT2D eigenvalue weighted by Gasteiger charge is -2.17. The zero-order chi connectivity index (χ0) is 17.1. The topological polar surface area (TPSA) is 99.1 Å². The molecule has 124 valence electrons. The predicted molar refractivity (Wildman–Crippen MR) is 85.7 cm³/mol. The van der Waals surface area contributed by atoms with Gasteiger partial charge in [-0.25, -0.2) is 0 Å². The Morgan fingerprint density at radius 1 is 1.48 bits per heavy atom. The molecule has 9 nitrogen and oxygen atoms in total. The lowest BCUT2D eigenvalue weighted by molar-refractivity contribution is -0.390. The molecule has 0 saturated heterocycles. The molecule has 0 aliphatic carbocycles. The number of carbonyl (C=O) groups is 1. The van der Waals surface area contributed by atoms with E-state index in [4.69, 9.17) is 0 Å². The van der Waals surface area contributed by atoms with E-state index in [1.54, 1.807) is 25.1 Å². The summed E-state index contributed by atoms with van der Waals surface area (Å²) >= 11 is 3.13. The minimum atomic E-state index is -0.582. The number of carbonyl (C=O) groups excluding carboxylic acids is 1. The highest BCUT2D eigenvalue weighted by Crippen LogP contribution is 2.26. The Labute approximate surface area is 141 Å². The van der Waals surface area contributed by atoms with Crippen LogP contribution in [0.15, 0.2) is 16.7 Å². The van der Waals surface area contributed by atoms with Crippen molar-refractivity contribution < 1.29 is 9.72 Å². The van der Waals surface area contributed by atoms with Crippen LogP contribution in [0.5, 0.6) is 0 Å². The molecule has 0 aliphatic rings. The third kappa shape index (κ3) is 3.58. The minimum absolute atomic E-state index is 0.0605. The van der Waals surface area contributed by atoms with Crippen LogP contribution in [0.2, 0.25) is 0 Å². The number of aromatic nitrogens is 4. The van der Waals surface area contributed by atoms with Crippen LogP contribution in [-0.4, -0.2) is 42.3 Å². The van der Waals surface area contributed by atoms with Gasteiger partial charge in [0, 0.05) is 19.8 Å². The van der Waals surface area contributed by atoms with Crippen LogP contribution in [-0.2, 0) is 24.4 Å². The van der Waals surface area contributed by atoms with Crippen molar-refractivity contribution in [2.45, 2.75) is 33.5 Å².